The van der Waals surface area contributed by atoms with Crippen LogP contribution in [0.25, 0.3) is 0 Å². The monoisotopic (exact) mass is 275 g/mol. The van der Waals surface area contributed by atoms with Gasteiger partial charge >= 0.3 is 0 Å². The summed E-state index contributed by atoms with van der Waals surface area (Å²) >= 11 is 12.1. The third kappa shape index (κ3) is 2.76. The molecule has 0 saturated carbocycles. The Balaban J connectivity index is 2.20. The Kier molecular flexibility index (Phi) is 3.97. The highest BCUT2D eigenvalue weighted by Gasteiger charge is 2.25. The molecule has 94 valence electrons. The average molecular weight is 276 g/mol. The van der Waals surface area contributed by atoms with E-state index in [0.29, 0.717) is 21.7 Å². The van der Waals surface area contributed by atoms with Gasteiger partial charge in [-0.1, -0.05) is 23.2 Å². The lowest BCUT2D eigenvalue weighted by Crippen LogP contribution is -2.27. The second kappa shape index (κ2) is 5.29. The van der Waals surface area contributed by atoms with Crippen LogP contribution in [0.2, 0.25) is 10.0 Å². The number of nitrogens with one attached hydrogen (secondary N) is 2. The van der Waals surface area contributed by atoms with Gasteiger partial charge in [0.05, 0.1) is 22.2 Å². The molecule has 2 N–H and O–H groups in total. The minimum Gasteiger partial charge on any atom is -0.376 e. The first-order chi connectivity index (χ1) is 8.11. The summed E-state index contributed by atoms with van der Waals surface area (Å²) in [6, 6.07) is 1.93. The highest BCUT2D eigenvalue weighted by Crippen LogP contribution is 2.30. The third-order valence-corrected chi connectivity index (χ3v) is 3.44. The van der Waals surface area contributed by atoms with E-state index in [4.69, 9.17) is 27.9 Å². The molecule has 1 aliphatic heterocycles. The second-order valence-corrected chi connectivity index (χ2v) is 4.83. The third-order valence-electron chi connectivity index (χ3n) is 2.86. The molecule has 2 atom stereocenters. The van der Waals surface area contributed by atoms with Crippen LogP contribution in [0.5, 0.6) is 0 Å². The van der Waals surface area contributed by atoms with Crippen LogP contribution in [-0.4, -0.2) is 30.8 Å². The summed E-state index contributed by atoms with van der Waals surface area (Å²) in [5, 5.41) is 7.25. The van der Waals surface area contributed by atoms with Crippen LogP contribution in [-0.2, 0) is 4.74 Å². The Hall–Kier alpha value is -0.710. The normalized spacial score (nSPS) is 23.8. The van der Waals surface area contributed by atoms with Crippen molar-refractivity contribution in [3.8, 4) is 0 Å². The summed E-state index contributed by atoms with van der Waals surface area (Å²) in [7, 11) is 1.77. The zero-order valence-electron chi connectivity index (χ0n) is 9.76. The molecule has 0 radical (unpaired) electrons. The number of aromatic nitrogens is 1. The predicted molar refractivity (Wildman–Crippen MR) is 71.2 cm³/mol. The lowest BCUT2D eigenvalue weighted by Gasteiger charge is -2.18. The number of pyridine rings is 1. The van der Waals surface area contributed by atoms with E-state index in [0.717, 1.165) is 13.0 Å². The highest BCUT2D eigenvalue weighted by molar-refractivity contribution is 6.37. The number of nitrogens with zero attached hydrogens (tertiary/aromatic N) is 1. The van der Waals surface area contributed by atoms with Crippen molar-refractivity contribution in [3.05, 3.63) is 16.1 Å². The van der Waals surface area contributed by atoms with Crippen molar-refractivity contribution in [3.63, 3.8) is 0 Å². The summed E-state index contributed by atoms with van der Waals surface area (Å²) in [5.74, 6) is 1.26. The van der Waals surface area contributed by atoms with E-state index in [-0.39, 0.29) is 12.1 Å². The van der Waals surface area contributed by atoms with Gasteiger partial charge in [-0.05, 0) is 19.4 Å². The van der Waals surface area contributed by atoms with E-state index in [9.17, 15) is 0 Å². The summed E-state index contributed by atoms with van der Waals surface area (Å²) in [5.41, 5.74) is 0. The fourth-order valence-electron chi connectivity index (χ4n) is 1.84. The molecule has 1 saturated heterocycles. The molecule has 4 nitrogen and oxygen atoms in total. The maximum Gasteiger partial charge on any atom is 0.147 e. The molecule has 1 aliphatic rings. The molecular formula is C11H15Cl2N3O. The van der Waals surface area contributed by atoms with Gasteiger partial charge in [-0.25, -0.2) is 4.98 Å². The molecule has 2 unspecified atom stereocenters. The van der Waals surface area contributed by atoms with Gasteiger partial charge in [-0.2, -0.15) is 0 Å². The van der Waals surface area contributed by atoms with Crippen LogP contribution in [0.1, 0.15) is 13.3 Å². The topological polar surface area (TPSA) is 46.2 Å². The van der Waals surface area contributed by atoms with E-state index in [2.05, 4.69) is 15.6 Å². The lowest BCUT2D eigenvalue weighted by atomic mass is 10.1. The summed E-state index contributed by atoms with van der Waals surface area (Å²) in [6.45, 7) is 2.80. The number of anilines is 2. The predicted octanol–water partition coefficient (Wildman–Crippen LogP) is 3.02. The quantitative estimate of drug-likeness (QED) is 0.890. The Labute approximate surface area is 111 Å². The zero-order valence-corrected chi connectivity index (χ0v) is 11.3. The van der Waals surface area contributed by atoms with Gasteiger partial charge in [-0.15, -0.1) is 0 Å². The molecule has 6 heteroatoms. The number of hydrogen-bond donors (Lipinski definition) is 2. The van der Waals surface area contributed by atoms with Crippen LogP contribution < -0.4 is 10.6 Å². The van der Waals surface area contributed by atoms with Crippen molar-refractivity contribution in [2.45, 2.75) is 25.5 Å². The van der Waals surface area contributed by atoms with Gasteiger partial charge in [-0.3, -0.25) is 0 Å². The zero-order chi connectivity index (χ0) is 12.4. The summed E-state index contributed by atoms with van der Waals surface area (Å²) in [4.78, 5) is 4.35. The van der Waals surface area contributed by atoms with Crippen LogP contribution in [0, 0.1) is 0 Å². The Morgan fingerprint density at radius 2 is 2.06 bits per heavy atom. The molecule has 0 bridgehead atoms. The van der Waals surface area contributed by atoms with Crippen molar-refractivity contribution in [2.75, 3.05) is 24.3 Å². The van der Waals surface area contributed by atoms with Crippen molar-refractivity contribution >= 4 is 34.8 Å². The van der Waals surface area contributed by atoms with Crippen molar-refractivity contribution in [1.29, 1.82) is 0 Å². The molecule has 1 aromatic heterocycles. The average Bonchev–Trinajstić information content (AvgIpc) is 2.68. The fourth-order valence-corrected chi connectivity index (χ4v) is 2.35. The SMILES string of the molecule is CNc1nc(NC2CCOC2C)c(Cl)cc1Cl. The molecule has 1 fully saturated rings. The van der Waals surface area contributed by atoms with Gasteiger partial charge in [0, 0.05) is 13.7 Å². The van der Waals surface area contributed by atoms with Crippen LogP contribution in [0.15, 0.2) is 6.07 Å². The molecule has 0 spiro atoms. The van der Waals surface area contributed by atoms with E-state index in [1.165, 1.54) is 0 Å². The molecule has 17 heavy (non-hydrogen) atoms. The van der Waals surface area contributed by atoms with Crippen molar-refractivity contribution in [1.82, 2.24) is 4.98 Å². The van der Waals surface area contributed by atoms with E-state index >= 15 is 0 Å². The largest absolute Gasteiger partial charge is 0.376 e. The first-order valence-corrected chi connectivity index (χ1v) is 6.29. The van der Waals surface area contributed by atoms with Crippen LogP contribution in [0.4, 0.5) is 11.6 Å². The molecule has 0 aliphatic carbocycles. The minimum absolute atomic E-state index is 0.168. The van der Waals surface area contributed by atoms with Crippen molar-refractivity contribution in [2.24, 2.45) is 0 Å². The smallest absolute Gasteiger partial charge is 0.147 e. The number of ether oxygens (including phenoxy) is 1. The summed E-state index contributed by atoms with van der Waals surface area (Å²) in [6.07, 6.45) is 1.12. The molecule has 2 heterocycles. The maximum absolute atomic E-state index is 6.11. The number of halogens is 2. The van der Waals surface area contributed by atoms with E-state index in [1.54, 1.807) is 13.1 Å². The fraction of sp³-hybridized carbons (Fsp3) is 0.545. The minimum atomic E-state index is 0.168. The first-order valence-electron chi connectivity index (χ1n) is 5.53. The van der Waals surface area contributed by atoms with Gasteiger partial charge in [0.15, 0.2) is 0 Å². The Morgan fingerprint density at radius 3 is 2.65 bits per heavy atom. The van der Waals surface area contributed by atoms with E-state index < -0.39 is 0 Å². The molecule has 2 rings (SSSR count). The van der Waals surface area contributed by atoms with Gasteiger partial charge < -0.3 is 15.4 Å². The molecule has 1 aromatic rings. The van der Waals surface area contributed by atoms with Crippen LogP contribution in [0.3, 0.4) is 0 Å². The van der Waals surface area contributed by atoms with Gasteiger partial charge in [0.1, 0.15) is 11.6 Å². The first kappa shape index (κ1) is 12.7. The molecular weight excluding hydrogens is 261 g/mol. The summed E-state index contributed by atoms with van der Waals surface area (Å²) < 4.78 is 5.48. The highest BCUT2D eigenvalue weighted by atomic mass is 35.5. The van der Waals surface area contributed by atoms with Crippen LogP contribution >= 0.6 is 23.2 Å². The lowest BCUT2D eigenvalue weighted by molar-refractivity contribution is 0.121. The van der Waals surface area contributed by atoms with Crippen molar-refractivity contribution < 1.29 is 4.74 Å². The number of hydrogen-bond acceptors (Lipinski definition) is 4. The molecule has 0 aromatic carbocycles. The maximum atomic E-state index is 6.11. The molecule has 0 amide bonds. The number of rotatable bonds is 3. The van der Waals surface area contributed by atoms with Gasteiger partial charge in [0.25, 0.3) is 0 Å². The Morgan fingerprint density at radius 1 is 1.35 bits per heavy atom. The Bertz CT molecular complexity index is 414. The standard InChI is InChI=1S/C11H15Cl2N3O/c1-6-9(3-4-17-6)15-11-8(13)5-7(12)10(14-2)16-11/h5-6,9H,3-4H2,1-2H3,(H2,14,15,16). The van der Waals surface area contributed by atoms with E-state index in [1.807, 2.05) is 6.92 Å². The van der Waals surface area contributed by atoms with Gasteiger partial charge in [0.2, 0.25) is 0 Å². The second-order valence-electron chi connectivity index (χ2n) is 4.01.